The molecule has 0 fully saturated rings. The van der Waals surface area contributed by atoms with Crippen molar-refractivity contribution in [3.8, 4) is 0 Å². The van der Waals surface area contributed by atoms with Crippen molar-refractivity contribution in [3.05, 3.63) is 48.4 Å². The van der Waals surface area contributed by atoms with E-state index in [1.807, 2.05) is 0 Å². The summed E-state index contributed by atoms with van der Waals surface area (Å²) in [5, 5.41) is 6.42. The lowest BCUT2D eigenvalue weighted by Crippen LogP contribution is -2.05. The van der Waals surface area contributed by atoms with Gasteiger partial charge in [-0.05, 0) is 6.07 Å². The molecular formula is C12H9F3N6. The maximum atomic E-state index is 12.7. The molecule has 0 aliphatic carbocycles. The van der Waals surface area contributed by atoms with Crippen LogP contribution in [0.4, 0.5) is 19.0 Å². The average molecular weight is 294 g/mol. The lowest BCUT2D eigenvalue weighted by atomic mass is 10.3. The summed E-state index contributed by atoms with van der Waals surface area (Å²) in [7, 11) is 0. The van der Waals surface area contributed by atoms with Crippen LogP contribution in [0.2, 0.25) is 0 Å². The summed E-state index contributed by atoms with van der Waals surface area (Å²) < 4.78 is 39.2. The molecule has 0 radical (unpaired) electrons. The summed E-state index contributed by atoms with van der Waals surface area (Å²) in [5.74, 6) is 0.305. The minimum absolute atomic E-state index is 0.249. The van der Waals surface area contributed by atoms with Gasteiger partial charge in [-0.1, -0.05) is 0 Å². The SMILES string of the molecule is FC(F)(F)c1cc2c(NCc3ccncn3)nccn2n1. The maximum Gasteiger partial charge on any atom is 0.435 e. The first-order valence-corrected chi connectivity index (χ1v) is 5.94. The molecule has 3 heterocycles. The van der Waals surface area contributed by atoms with Crippen molar-refractivity contribution < 1.29 is 13.2 Å². The molecule has 1 N–H and O–H groups in total. The largest absolute Gasteiger partial charge is 0.435 e. The van der Waals surface area contributed by atoms with Crippen LogP contribution < -0.4 is 5.32 Å². The van der Waals surface area contributed by atoms with Gasteiger partial charge in [0.15, 0.2) is 11.5 Å². The van der Waals surface area contributed by atoms with E-state index in [2.05, 4.69) is 25.4 Å². The highest BCUT2D eigenvalue weighted by molar-refractivity contribution is 5.67. The summed E-state index contributed by atoms with van der Waals surface area (Å²) >= 11 is 0. The highest BCUT2D eigenvalue weighted by atomic mass is 19.4. The summed E-state index contributed by atoms with van der Waals surface area (Å²) in [6.07, 6.45) is 1.23. The fourth-order valence-electron chi connectivity index (χ4n) is 1.79. The molecule has 9 heteroatoms. The third kappa shape index (κ3) is 2.76. The summed E-state index contributed by atoms with van der Waals surface area (Å²) in [4.78, 5) is 11.8. The molecule has 0 aliphatic heterocycles. The number of alkyl halides is 3. The van der Waals surface area contributed by atoms with Crippen LogP contribution in [0.3, 0.4) is 0 Å². The van der Waals surface area contributed by atoms with E-state index in [1.54, 1.807) is 12.3 Å². The molecule has 0 unspecified atom stereocenters. The van der Waals surface area contributed by atoms with Gasteiger partial charge in [0.05, 0.1) is 12.2 Å². The molecule has 6 nitrogen and oxygen atoms in total. The second kappa shape index (κ2) is 5.00. The van der Waals surface area contributed by atoms with Gasteiger partial charge in [-0.15, -0.1) is 0 Å². The van der Waals surface area contributed by atoms with Crippen molar-refractivity contribution in [1.82, 2.24) is 24.6 Å². The summed E-state index contributed by atoms with van der Waals surface area (Å²) in [6, 6.07) is 2.65. The summed E-state index contributed by atoms with van der Waals surface area (Å²) in [6.45, 7) is 0.321. The Morgan fingerprint density at radius 3 is 2.76 bits per heavy atom. The Kier molecular flexibility index (Phi) is 3.16. The van der Waals surface area contributed by atoms with E-state index in [0.29, 0.717) is 18.1 Å². The van der Waals surface area contributed by atoms with Crippen molar-refractivity contribution in [2.24, 2.45) is 0 Å². The van der Waals surface area contributed by atoms with Crippen LogP contribution in [-0.2, 0) is 12.7 Å². The highest BCUT2D eigenvalue weighted by Crippen LogP contribution is 2.30. The van der Waals surface area contributed by atoms with Gasteiger partial charge < -0.3 is 5.32 Å². The van der Waals surface area contributed by atoms with E-state index in [0.717, 1.165) is 10.6 Å². The van der Waals surface area contributed by atoms with Crippen molar-refractivity contribution in [2.45, 2.75) is 12.7 Å². The van der Waals surface area contributed by atoms with Gasteiger partial charge in [-0.2, -0.15) is 18.3 Å². The van der Waals surface area contributed by atoms with Gasteiger partial charge in [-0.3, -0.25) is 0 Å². The Balaban J connectivity index is 1.90. The van der Waals surface area contributed by atoms with Crippen LogP contribution in [0.25, 0.3) is 5.52 Å². The molecule has 0 atom stereocenters. The lowest BCUT2D eigenvalue weighted by molar-refractivity contribution is -0.141. The number of anilines is 1. The molecule has 0 aliphatic rings. The van der Waals surface area contributed by atoms with E-state index in [1.165, 1.54) is 18.7 Å². The lowest BCUT2D eigenvalue weighted by Gasteiger charge is -2.05. The minimum Gasteiger partial charge on any atom is -0.363 e. The molecule has 108 valence electrons. The van der Waals surface area contributed by atoms with Crippen molar-refractivity contribution >= 4 is 11.3 Å². The van der Waals surface area contributed by atoms with Crippen LogP contribution in [-0.4, -0.2) is 24.6 Å². The smallest absolute Gasteiger partial charge is 0.363 e. The number of rotatable bonds is 3. The second-order valence-corrected chi connectivity index (χ2v) is 4.19. The first-order valence-electron chi connectivity index (χ1n) is 5.94. The van der Waals surface area contributed by atoms with Crippen LogP contribution in [0, 0.1) is 0 Å². The Labute approximate surface area is 116 Å². The van der Waals surface area contributed by atoms with Gasteiger partial charge in [0.25, 0.3) is 0 Å². The molecule has 3 aromatic heterocycles. The molecule has 0 saturated carbocycles. The first kappa shape index (κ1) is 13.3. The number of nitrogens with zero attached hydrogens (tertiary/aromatic N) is 5. The minimum atomic E-state index is -4.49. The Hall–Kier alpha value is -2.71. The number of fused-ring (bicyclic) bond motifs is 1. The predicted octanol–water partition coefficient (Wildman–Crippen LogP) is 2.15. The molecule has 0 spiro atoms. The van der Waals surface area contributed by atoms with Gasteiger partial charge in [-0.25, -0.2) is 19.5 Å². The van der Waals surface area contributed by atoms with Gasteiger partial charge in [0.2, 0.25) is 0 Å². The predicted molar refractivity (Wildman–Crippen MR) is 67.3 cm³/mol. The fourth-order valence-corrected chi connectivity index (χ4v) is 1.79. The molecule has 0 aromatic carbocycles. The standard InChI is InChI=1S/C12H9F3N6/c13-12(14,15)10-5-9-11(17-3-4-21(9)20-10)18-6-8-1-2-16-7-19-8/h1-5,7H,6H2,(H,17,18). The third-order valence-corrected chi connectivity index (χ3v) is 2.76. The molecular weight excluding hydrogens is 285 g/mol. The number of aromatic nitrogens is 5. The quantitative estimate of drug-likeness (QED) is 0.801. The molecule has 3 rings (SSSR count). The Morgan fingerprint density at radius 2 is 2.05 bits per heavy atom. The van der Waals surface area contributed by atoms with Crippen LogP contribution >= 0.6 is 0 Å². The zero-order valence-electron chi connectivity index (χ0n) is 10.5. The molecule has 3 aromatic rings. The number of hydrogen-bond acceptors (Lipinski definition) is 5. The van der Waals surface area contributed by atoms with Gasteiger partial charge >= 0.3 is 6.18 Å². The van der Waals surface area contributed by atoms with E-state index < -0.39 is 11.9 Å². The van der Waals surface area contributed by atoms with E-state index in [9.17, 15) is 13.2 Å². The van der Waals surface area contributed by atoms with Crippen LogP contribution in [0.5, 0.6) is 0 Å². The maximum absolute atomic E-state index is 12.7. The number of halogens is 3. The number of hydrogen-bond donors (Lipinski definition) is 1. The van der Waals surface area contributed by atoms with Gasteiger partial charge in [0.1, 0.15) is 11.8 Å². The van der Waals surface area contributed by atoms with Crippen LogP contribution in [0.1, 0.15) is 11.4 Å². The van der Waals surface area contributed by atoms with Crippen LogP contribution in [0.15, 0.2) is 37.1 Å². The summed E-state index contributed by atoms with van der Waals surface area (Å²) in [5.41, 5.74) is -0.0103. The van der Waals surface area contributed by atoms with Gasteiger partial charge in [0, 0.05) is 24.7 Å². The molecule has 0 amide bonds. The Bertz CT molecular complexity index is 753. The Morgan fingerprint density at radius 1 is 1.19 bits per heavy atom. The van der Waals surface area contributed by atoms with E-state index >= 15 is 0 Å². The molecule has 0 bridgehead atoms. The highest BCUT2D eigenvalue weighted by Gasteiger charge is 2.34. The van der Waals surface area contributed by atoms with E-state index in [-0.39, 0.29) is 5.52 Å². The zero-order valence-corrected chi connectivity index (χ0v) is 10.5. The van der Waals surface area contributed by atoms with Crippen molar-refractivity contribution in [1.29, 1.82) is 0 Å². The molecule has 0 saturated heterocycles. The second-order valence-electron chi connectivity index (χ2n) is 4.19. The number of nitrogens with one attached hydrogen (secondary N) is 1. The third-order valence-electron chi connectivity index (χ3n) is 2.76. The van der Waals surface area contributed by atoms with Crippen molar-refractivity contribution in [3.63, 3.8) is 0 Å². The fraction of sp³-hybridized carbons (Fsp3) is 0.167. The normalized spacial score (nSPS) is 11.8. The average Bonchev–Trinajstić information content (AvgIpc) is 2.91. The van der Waals surface area contributed by atoms with Crippen molar-refractivity contribution in [2.75, 3.05) is 5.32 Å². The molecule has 21 heavy (non-hydrogen) atoms. The van der Waals surface area contributed by atoms with E-state index in [4.69, 9.17) is 0 Å². The monoisotopic (exact) mass is 294 g/mol. The zero-order chi connectivity index (χ0) is 14.9. The first-order chi connectivity index (χ1) is 10.0. The topological polar surface area (TPSA) is 68.0 Å².